The molecule has 15 heteroatoms. The summed E-state index contributed by atoms with van der Waals surface area (Å²) in [6.45, 7) is 7.00. The number of primary amides is 1. The van der Waals surface area contributed by atoms with Crippen LogP contribution in [-0.2, 0) is 9.47 Å². The van der Waals surface area contributed by atoms with Gasteiger partial charge in [0, 0.05) is 7.11 Å². The van der Waals surface area contributed by atoms with Gasteiger partial charge in [0.2, 0.25) is 5.88 Å². The van der Waals surface area contributed by atoms with Gasteiger partial charge in [0.1, 0.15) is 17.1 Å². The minimum absolute atomic E-state index is 0.0401. The summed E-state index contributed by atoms with van der Waals surface area (Å²) in [5.41, 5.74) is 5.36. The van der Waals surface area contributed by atoms with Crippen LogP contribution in [0.2, 0.25) is 0 Å². The van der Waals surface area contributed by atoms with E-state index in [9.17, 15) is 9.59 Å². The van der Waals surface area contributed by atoms with E-state index in [2.05, 4.69) is 36.1 Å². The molecule has 0 aliphatic carbocycles. The first-order valence-corrected chi connectivity index (χ1v) is 11.8. The first kappa shape index (κ1) is 29.0. The van der Waals surface area contributed by atoms with Gasteiger partial charge < -0.3 is 35.9 Å². The number of hydrogen-bond acceptors (Lipinski definition) is 11. The fourth-order valence-corrected chi connectivity index (χ4v) is 3.42. The molecule has 0 aliphatic heterocycles. The molecule has 210 valence electrons. The highest BCUT2D eigenvalue weighted by molar-refractivity contribution is 5.98. The first-order valence-electron chi connectivity index (χ1n) is 11.8. The van der Waals surface area contributed by atoms with Gasteiger partial charge in [-0.3, -0.25) is 4.79 Å². The average molecular weight is 546 g/mol. The molecule has 0 saturated carbocycles. The van der Waals surface area contributed by atoms with E-state index in [0.29, 0.717) is 11.4 Å². The Morgan fingerprint density at radius 3 is 2.44 bits per heavy atom. The highest BCUT2D eigenvalue weighted by Crippen LogP contribution is 2.27. The predicted molar refractivity (Wildman–Crippen MR) is 140 cm³/mol. The number of nitrogens with one attached hydrogen (secondary N) is 3. The summed E-state index contributed by atoms with van der Waals surface area (Å²) in [5, 5.41) is 16.7. The third kappa shape index (κ3) is 7.73. The van der Waals surface area contributed by atoms with Gasteiger partial charge in [-0.25, -0.2) is 19.2 Å². The standard InChI is InChI=1S/C24H32FN9O5/c1-13(30-23(36)39-24(2,3)4)17(12-37-5)32-21-16(25)10-15(19(26)35)20(33-21)31-14-9-18(22(38-6)27-11-14)34-28-7-8-29-34/h7-11,13,17H,12H2,1-6H3,(H2,26,35)(H,30,36)(H2,31,32,33)/t13-,17+/m0/s1. The van der Waals surface area contributed by atoms with Crippen molar-refractivity contribution in [2.24, 2.45) is 5.73 Å². The number of halogens is 1. The zero-order chi connectivity index (χ0) is 28.7. The van der Waals surface area contributed by atoms with Gasteiger partial charge in [0.05, 0.1) is 55.6 Å². The molecule has 3 heterocycles. The van der Waals surface area contributed by atoms with E-state index in [-0.39, 0.29) is 29.7 Å². The maximum absolute atomic E-state index is 15.1. The minimum Gasteiger partial charge on any atom is -0.479 e. The van der Waals surface area contributed by atoms with E-state index in [1.54, 1.807) is 33.8 Å². The Labute approximate surface area is 224 Å². The van der Waals surface area contributed by atoms with Crippen molar-refractivity contribution in [2.45, 2.75) is 45.4 Å². The van der Waals surface area contributed by atoms with Crippen LogP contribution in [0.25, 0.3) is 5.69 Å². The highest BCUT2D eigenvalue weighted by Gasteiger charge is 2.25. The van der Waals surface area contributed by atoms with Crippen LogP contribution < -0.4 is 26.4 Å². The van der Waals surface area contributed by atoms with Crippen LogP contribution in [0.5, 0.6) is 5.88 Å². The van der Waals surface area contributed by atoms with Gasteiger partial charge in [-0.1, -0.05) is 0 Å². The SMILES string of the molecule is COC[C@@H](Nc1nc(Nc2cnc(OC)c(-n3nccn3)c2)c(C(N)=O)cc1F)[C@H](C)NC(=O)OC(C)(C)C. The van der Waals surface area contributed by atoms with Crippen LogP contribution in [-0.4, -0.2) is 75.5 Å². The molecule has 0 spiro atoms. The van der Waals surface area contributed by atoms with E-state index in [1.807, 2.05) is 0 Å². The molecule has 14 nitrogen and oxygen atoms in total. The Bertz CT molecular complexity index is 1300. The molecule has 3 aromatic rings. The number of nitrogens with zero attached hydrogens (tertiary/aromatic N) is 5. The molecule has 0 fully saturated rings. The number of methoxy groups -OCH3 is 2. The van der Waals surface area contributed by atoms with Crippen molar-refractivity contribution in [1.82, 2.24) is 30.3 Å². The average Bonchev–Trinajstić information content (AvgIpc) is 3.39. The molecule has 0 bridgehead atoms. The first-order chi connectivity index (χ1) is 18.4. The van der Waals surface area contributed by atoms with Crippen LogP contribution >= 0.6 is 0 Å². The van der Waals surface area contributed by atoms with Gasteiger partial charge in [0.25, 0.3) is 5.91 Å². The van der Waals surface area contributed by atoms with E-state index in [0.717, 1.165) is 6.07 Å². The van der Waals surface area contributed by atoms with Gasteiger partial charge in [-0.2, -0.15) is 10.2 Å². The summed E-state index contributed by atoms with van der Waals surface area (Å²) in [5.74, 6) is -1.75. The number of hydrogen-bond donors (Lipinski definition) is 4. The van der Waals surface area contributed by atoms with Gasteiger partial charge in [-0.15, -0.1) is 4.80 Å². The lowest BCUT2D eigenvalue weighted by atomic mass is 10.1. The van der Waals surface area contributed by atoms with Gasteiger partial charge in [-0.05, 0) is 39.8 Å². The van der Waals surface area contributed by atoms with E-state index < -0.39 is 35.5 Å². The smallest absolute Gasteiger partial charge is 0.407 e. The summed E-state index contributed by atoms with van der Waals surface area (Å²) < 4.78 is 30.9. The maximum Gasteiger partial charge on any atom is 0.407 e. The Morgan fingerprint density at radius 1 is 1.15 bits per heavy atom. The zero-order valence-corrected chi connectivity index (χ0v) is 22.5. The van der Waals surface area contributed by atoms with E-state index in [1.165, 1.54) is 37.6 Å². The molecule has 3 aromatic heterocycles. The molecule has 2 amide bonds. The quantitative estimate of drug-likeness (QED) is 0.278. The number of ether oxygens (including phenoxy) is 3. The number of pyridine rings is 2. The second-order valence-corrected chi connectivity index (χ2v) is 9.42. The second-order valence-electron chi connectivity index (χ2n) is 9.42. The van der Waals surface area contributed by atoms with Crippen LogP contribution in [0.4, 0.5) is 26.5 Å². The third-order valence-corrected chi connectivity index (χ3v) is 5.18. The maximum atomic E-state index is 15.1. The highest BCUT2D eigenvalue weighted by atomic mass is 19.1. The van der Waals surface area contributed by atoms with Crippen molar-refractivity contribution in [3.8, 4) is 11.6 Å². The number of amides is 2. The molecule has 39 heavy (non-hydrogen) atoms. The number of carbonyl (C=O) groups is 2. The normalized spacial score (nSPS) is 12.8. The summed E-state index contributed by atoms with van der Waals surface area (Å²) in [6.07, 6.45) is 3.75. The zero-order valence-electron chi connectivity index (χ0n) is 22.5. The van der Waals surface area contributed by atoms with Crippen molar-refractivity contribution in [3.05, 3.63) is 42.1 Å². The number of alkyl carbamates (subject to hydrolysis) is 1. The number of aromatic nitrogens is 5. The third-order valence-electron chi connectivity index (χ3n) is 5.18. The molecule has 5 N–H and O–H groups in total. The summed E-state index contributed by atoms with van der Waals surface area (Å²) in [4.78, 5) is 34.2. The Balaban J connectivity index is 1.91. The molecule has 0 radical (unpaired) electrons. The van der Waals surface area contributed by atoms with Crippen LogP contribution in [0.15, 0.2) is 30.7 Å². The van der Waals surface area contributed by atoms with Crippen LogP contribution in [0.1, 0.15) is 38.1 Å². The Hall–Kier alpha value is -4.53. The molecule has 0 aliphatic rings. The van der Waals surface area contributed by atoms with E-state index >= 15 is 4.39 Å². The summed E-state index contributed by atoms with van der Waals surface area (Å²) >= 11 is 0. The summed E-state index contributed by atoms with van der Waals surface area (Å²) in [7, 11) is 2.91. The Kier molecular flexibility index (Phi) is 9.19. The van der Waals surface area contributed by atoms with Crippen molar-refractivity contribution >= 4 is 29.3 Å². The molecule has 0 saturated heterocycles. The predicted octanol–water partition coefficient (Wildman–Crippen LogP) is 2.39. The van der Waals surface area contributed by atoms with Crippen molar-refractivity contribution in [2.75, 3.05) is 31.5 Å². The lowest BCUT2D eigenvalue weighted by Gasteiger charge is -2.28. The number of nitrogens with two attached hydrogens (primary N) is 1. The minimum atomic E-state index is -0.903. The monoisotopic (exact) mass is 545 g/mol. The molecule has 0 aromatic carbocycles. The number of carbonyl (C=O) groups excluding carboxylic acids is 2. The lowest BCUT2D eigenvalue weighted by molar-refractivity contribution is 0.0493. The van der Waals surface area contributed by atoms with Crippen molar-refractivity contribution in [1.29, 1.82) is 0 Å². The topological polar surface area (TPSA) is 180 Å². The van der Waals surface area contributed by atoms with Crippen LogP contribution in [0.3, 0.4) is 0 Å². The molecular formula is C24H32FN9O5. The van der Waals surface area contributed by atoms with E-state index in [4.69, 9.17) is 19.9 Å². The van der Waals surface area contributed by atoms with Crippen LogP contribution in [0, 0.1) is 5.82 Å². The van der Waals surface area contributed by atoms with Gasteiger partial charge in [0.15, 0.2) is 11.6 Å². The largest absolute Gasteiger partial charge is 0.479 e. The molecule has 0 unspecified atom stereocenters. The fourth-order valence-electron chi connectivity index (χ4n) is 3.42. The summed E-state index contributed by atoms with van der Waals surface area (Å²) in [6, 6.07) is 1.37. The fraction of sp³-hybridized carbons (Fsp3) is 0.417. The Morgan fingerprint density at radius 2 is 1.85 bits per heavy atom. The molecule has 3 rings (SSSR count). The number of rotatable bonds is 11. The molecular weight excluding hydrogens is 513 g/mol. The molecule has 2 atom stereocenters. The van der Waals surface area contributed by atoms with Crippen molar-refractivity contribution in [3.63, 3.8) is 0 Å². The van der Waals surface area contributed by atoms with Gasteiger partial charge >= 0.3 is 6.09 Å². The second kappa shape index (κ2) is 12.3. The number of anilines is 3. The lowest BCUT2D eigenvalue weighted by Crippen LogP contribution is -2.48. The van der Waals surface area contributed by atoms with Crippen molar-refractivity contribution < 1.29 is 28.2 Å².